The maximum Gasteiger partial charge on any atom is 0.236 e. The second-order valence-corrected chi connectivity index (χ2v) is 8.52. The minimum atomic E-state index is 0.234. The van der Waals surface area contributed by atoms with E-state index in [0.29, 0.717) is 12.5 Å². The maximum atomic E-state index is 12.9. The van der Waals surface area contributed by atoms with Crippen LogP contribution in [-0.4, -0.2) is 81.1 Å². The lowest BCUT2D eigenvalue weighted by Gasteiger charge is -2.37. The Morgan fingerprint density at radius 3 is 2.76 bits per heavy atom. The Hall–Kier alpha value is -2.13. The first-order valence-corrected chi connectivity index (χ1v) is 11.3. The molecule has 4 heterocycles. The number of hydrogen-bond donors (Lipinski definition) is 0. The number of rotatable bonds is 5. The molecule has 0 N–H and O–H groups in total. The minimum absolute atomic E-state index is 0.234. The lowest BCUT2D eigenvalue weighted by atomic mass is 9.95. The first kappa shape index (κ1) is 20.2. The largest absolute Gasteiger partial charge is 0.354 e. The number of piperidine rings is 1. The van der Waals surface area contributed by atoms with Crippen molar-refractivity contribution in [1.82, 2.24) is 29.4 Å². The Morgan fingerprint density at radius 1 is 1.21 bits per heavy atom. The molecule has 8 nitrogen and oxygen atoms in total. The molecule has 2 aromatic heterocycles. The van der Waals surface area contributed by atoms with E-state index in [-0.39, 0.29) is 5.91 Å². The van der Waals surface area contributed by atoms with Crippen LogP contribution in [0.15, 0.2) is 11.4 Å². The molecule has 2 fully saturated rings. The molecule has 0 aromatic carbocycles. The number of carbonyl (C=O) groups excluding carboxylic acids is 1. The zero-order valence-corrected chi connectivity index (χ0v) is 18.1. The van der Waals surface area contributed by atoms with Crippen LogP contribution in [0.4, 0.5) is 5.82 Å². The fraction of sp³-hybridized carbons (Fsp3) is 0.650. The van der Waals surface area contributed by atoms with Crippen LogP contribution in [0.25, 0.3) is 0 Å². The summed E-state index contributed by atoms with van der Waals surface area (Å²) in [6.45, 7) is 9.76. The number of anilines is 1. The molecule has 2 aliphatic heterocycles. The van der Waals surface area contributed by atoms with Gasteiger partial charge in [-0.2, -0.15) is 0 Å². The van der Waals surface area contributed by atoms with Gasteiger partial charge in [-0.15, -0.1) is 5.10 Å². The number of carbonyl (C=O) groups is 1. The molecule has 0 bridgehead atoms. The van der Waals surface area contributed by atoms with Gasteiger partial charge < -0.3 is 9.80 Å². The number of aromatic nitrogens is 4. The molecule has 2 saturated heterocycles. The third-order valence-electron chi connectivity index (χ3n) is 5.83. The molecular formula is C20H29N7OS. The van der Waals surface area contributed by atoms with Crippen molar-refractivity contribution in [2.75, 3.05) is 50.7 Å². The van der Waals surface area contributed by atoms with Crippen LogP contribution >= 0.6 is 11.5 Å². The Balaban J connectivity index is 1.29. The fourth-order valence-electron chi connectivity index (χ4n) is 4.15. The number of aryl methyl sites for hydroxylation is 2. The molecule has 0 unspecified atom stereocenters. The Bertz CT molecular complexity index is 820. The van der Waals surface area contributed by atoms with Crippen molar-refractivity contribution >= 4 is 23.3 Å². The van der Waals surface area contributed by atoms with Crippen molar-refractivity contribution in [3.63, 3.8) is 0 Å². The van der Waals surface area contributed by atoms with Crippen molar-refractivity contribution < 1.29 is 4.79 Å². The molecule has 156 valence electrons. The maximum absolute atomic E-state index is 12.9. The van der Waals surface area contributed by atoms with E-state index >= 15 is 0 Å². The summed E-state index contributed by atoms with van der Waals surface area (Å²) in [5.74, 6) is 2.47. The Morgan fingerprint density at radius 2 is 2.03 bits per heavy atom. The average molecular weight is 416 g/mol. The van der Waals surface area contributed by atoms with Gasteiger partial charge in [-0.25, -0.2) is 9.97 Å². The number of hydrogen-bond acceptors (Lipinski definition) is 8. The monoisotopic (exact) mass is 415 g/mol. The lowest BCUT2D eigenvalue weighted by molar-refractivity contribution is -0.133. The molecule has 1 amide bonds. The van der Waals surface area contributed by atoms with E-state index in [4.69, 9.17) is 0 Å². The van der Waals surface area contributed by atoms with Gasteiger partial charge >= 0.3 is 0 Å². The van der Waals surface area contributed by atoms with Gasteiger partial charge in [-0.3, -0.25) is 9.69 Å². The SMILES string of the molecule is CCc1nc(C)cc(N2CCN(CC(=O)N3CCC[C@H](c4csnn4)C3)CC2)n1. The standard InChI is InChI=1S/C20H29N7OS/c1-3-18-21-15(2)11-19(22-18)26-9-7-25(8-10-26)13-20(28)27-6-4-5-16(12-27)17-14-29-24-23-17/h11,14,16H,3-10,12-13H2,1-2H3/t16-/m0/s1. The summed E-state index contributed by atoms with van der Waals surface area (Å²) in [4.78, 5) is 28.6. The molecule has 1 atom stereocenters. The number of amides is 1. The van der Waals surface area contributed by atoms with Gasteiger partial charge in [0, 0.05) is 68.7 Å². The molecule has 29 heavy (non-hydrogen) atoms. The summed E-state index contributed by atoms with van der Waals surface area (Å²) in [6.07, 6.45) is 2.97. The molecule has 2 aliphatic rings. The first-order chi connectivity index (χ1) is 14.1. The van der Waals surface area contributed by atoms with Gasteiger partial charge in [0.25, 0.3) is 0 Å². The predicted octanol–water partition coefficient (Wildman–Crippen LogP) is 1.73. The molecule has 0 aliphatic carbocycles. The summed E-state index contributed by atoms with van der Waals surface area (Å²) in [5, 5.41) is 6.22. The molecule has 2 aromatic rings. The van der Waals surface area contributed by atoms with Gasteiger partial charge in [0.05, 0.1) is 12.2 Å². The quantitative estimate of drug-likeness (QED) is 0.736. The van der Waals surface area contributed by atoms with Crippen molar-refractivity contribution in [3.8, 4) is 0 Å². The zero-order chi connectivity index (χ0) is 20.2. The third kappa shape index (κ3) is 4.90. The van der Waals surface area contributed by atoms with Crippen LogP contribution in [0.2, 0.25) is 0 Å². The van der Waals surface area contributed by atoms with E-state index in [1.54, 1.807) is 0 Å². The predicted molar refractivity (Wildman–Crippen MR) is 113 cm³/mol. The molecular weight excluding hydrogens is 386 g/mol. The zero-order valence-electron chi connectivity index (χ0n) is 17.3. The van der Waals surface area contributed by atoms with Gasteiger partial charge in [0.2, 0.25) is 5.91 Å². The minimum Gasteiger partial charge on any atom is -0.354 e. The summed E-state index contributed by atoms with van der Waals surface area (Å²) < 4.78 is 3.98. The van der Waals surface area contributed by atoms with Crippen molar-refractivity contribution in [3.05, 3.63) is 28.7 Å². The average Bonchev–Trinajstić information content (AvgIpc) is 3.29. The highest BCUT2D eigenvalue weighted by atomic mass is 32.1. The smallest absolute Gasteiger partial charge is 0.236 e. The summed E-state index contributed by atoms with van der Waals surface area (Å²) in [5.41, 5.74) is 2.05. The lowest BCUT2D eigenvalue weighted by Crippen LogP contribution is -2.51. The third-order valence-corrected chi connectivity index (χ3v) is 6.35. The molecule has 0 saturated carbocycles. The van der Waals surface area contributed by atoms with Gasteiger partial charge in [-0.05, 0) is 31.3 Å². The molecule has 4 rings (SSSR count). The van der Waals surface area contributed by atoms with E-state index in [9.17, 15) is 4.79 Å². The second kappa shape index (κ2) is 9.13. The summed E-state index contributed by atoms with van der Waals surface area (Å²) in [6, 6.07) is 2.06. The van der Waals surface area contributed by atoms with Gasteiger partial charge in [-0.1, -0.05) is 11.4 Å². The molecule has 0 spiro atoms. The molecule has 9 heteroatoms. The number of nitrogens with zero attached hydrogens (tertiary/aromatic N) is 7. The highest BCUT2D eigenvalue weighted by Crippen LogP contribution is 2.26. The van der Waals surface area contributed by atoms with Crippen LogP contribution in [0.1, 0.15) is 42.9 Å². The number of piperazine rings is 1. The van der Waals surface area contributed by atoms with Crippen LogP contribution < -0.4 is 4.90 Å². The summed E-state index contributed by atoms with van der Waals surface area (Å²) >= 11 is 1.39. The summed E-state index contributed by atoms with van der Waals surface area (Å²) in [7, 11) is 0. The van der Waals surface area contributed by atoms with Crippen molar-refractivity contribution in [2.24, 2.45) is 0 Å². The highest BCUT2D eigenvalue weighted by molar-refractivity contribution is 7.03. The number of likely N-dealkylation sites (tertiary alicyclic amines) is 1. The van der Waals surface area contributed by atoms with Crippen LogP contribution in [0, 0.1) is 6.92 Å². The Kier molecular flexibility index (Phi) is 6.34. The highest BCUT2D eigenvalue weighted by Gasteiger charge is 2.28. The topological polar surface area (TPSA) is 78.4 Å². The second-order valence-electron chi connectivity index (χ2n) is 7.91. The van der Waals surface area contributed by atoms with Gasteiger partial charge in [0.15, 0.2) is 0 Å². The van der Waals surface area contributed by atoms with E-state index in [2.05, 4.69) is 42.3 Å². The van der Waals surface area contributed by atoms with Crippen molar-refractivity contribution in [2.45, 2.75) is 39.0 Å². The van der Waals surface area contributed by atoms with E-state index < -0.39 is 0 Å². The van der Waals surface area contributed by atoms with Crippen LogP contribution in [0.3, 0.4) is 0 Å². The normalized spacial score (nSPS) is 20.8. The Labute approximate surface area is 176 Å². The van der Waals surface area contributed by atoms with E-state index in [1.807, 2.05) is 17.2 Å². The van der Waals surface area contributed by atoms with E-state index in [0.717, 1.165) is 81.6 Å². The van der Waals surface area contributed by atoms with Crippen LogP contribution in [0.5, 0.6) is 0 Å². The van der Waals surface area contributed by atoms with Crippen LogP contribution in [-0.2, 0) is 11.2 Å². The molecule has 0 radical (unpaired) electrons. The first-order valence-electron chi connectivity index (χ1n) is 10.5. The van der Waals surface area contributed by atoms with Gasteiger partial charge in [0.1, 0.15) is 11.6 Å². The van der Waals surface area contributed by atoms with Crippen molar-refractivity contribution in [1.29, 1.82) is 0 Å². The van der Waals surface area contributed by atoms with E-state index in [1.165, 1.54) is 11.5 Å². The fourth-order valence-corrected chi connectivity index (χ4v) is 4.69.